The average molecular weight is 260 g/mol. The minimum absolute atomic E-state index is 0.420. The molecular weight excluding hydrogens is 232 g/mol. The van der Waals surface area contributed by atoms with Crippen LogP contribution >= 0.6 is 11.8 Å². The summed E-state index contributed by atoms with van der Waals surface area (Å²) >= 11 is 1.86. The van der Waals surface area contributed by atoms with Gasteiger partial charge < -0.3 is 10.1 Å². The summed E-state index contributed by atoms with van der Waals surface area (Å²) in [6, 6.07) is 0. The van der Waals surface area contributed by atoms with Gasteiger partial charge in [-0.15, -0.1) is 11.8 Å². The molecule has 0 aliphatic carbocycles. The molecule has 0 saturated carbocycles. The molecule has 102 valence electrons. The quantitative estimate of drug-likeness (QED) is 0.708. The highest BCUT2D eigenvalue weighted by Gasteiger charge is 2.20. The topological polar surface area (TPSA) is 24.5 Å². The van der Waals surface area contributed by atoms with Crippen LogP contribution in [0.25, 0.3) is 0 Å². The molecule has 17 heavy (non-hydrogen) atoms. The fraction of sp³-hybridized carbons (Fsp3) is 1.00. The van der Waals surface area contributed by atoms with Crippen LogP contribution in [0.3, 0.4) is 0 Å². The Morgan fingerprint density at radius 1 is 1.41 bits per heavy atom. The van der Waals surface area contributed by atoms with E-state index in [9.17, 15) is 0 Å². The minimum Gasteiger partial charge on any atom is -0.376 e. The highest BCUT2D eigenvalue weighted by Crippen LogP contribution is 2.10. The molecule has 4 heteroatoms. The zero-order valence-electron chi connectivity index (χ0n) is 11.7. The SMILES string of the molecule is CSC(C)NCC[C@H]1CN(CC(C)C)CCO1. The van der Waals surface area contributed by atoms with E-state index in [1.807, 2.05) is 11.8 Å². The summed E-state index contributed by atoms with van der Waals surface area (Å²) in [5.74, 6) is 0.753. The predicted octanol–water partition coefficient (Wildman–Crippen LogP) is 2.03. The van der Waals surface area contributed by atoms with Gasteiger partial charge in [0.1, 0.15) is 0 Å². The van der Waals surface area contributed by atoms with Gasteiger partial charge in [0, 0.05) is 19.6 Å². The Morgan fingerprint density at radius 2 is 2.18 bits per heavy atom. The van der Waals surface area contributed by atoms with Gasteiger partial charge in [-0.2, -0.15) is 0 Å². The lowest BCUT2D eigenvalue weighted by molar-refractivity contribution is -0.0346. The van der Waals surface area contributed by atoms with Gasteiger partial charge in [0.25, 0.3) is 0 Å². The Hall–Kier alpha value is 0.230. The highest BCUT2D eigenvalue weighted by atomic mass is 32.2. The number of morpholine rings is 1. The van der Waals surface area contributed by atoms with Crippen molar-refractivity contribution in [3.05, 3.63) is 0 Å². The first-order valence-electron chi connectivity index (χ1n) is 6.72. The van der Waals surface area contributed by atoms with Crippen molar-refractivity contribution in [3.63, 3.8) is 0 Å². The van der Waals surface area contributed by atoms with Crippen LogP contribution in [0.15, 0.2) is 0 Å². The fourth-order valence-corrected chi connectivity index (χ4v) is 2.45. The second kappa shape index (κ2) is 8.35. The standard InChI is InChI=1S/C13H28N2OS/c1-11(2)9-15-7-8-16-13(10-15)5-6-14-12(3)17-4/h11-14H,5-10H2,1-4H3/t12?,13-/m0/s1. The lowest BCUT2D eigenvalue weighted by Gasteiger charge is -2.34. The van der Waals surface area contributed by atoms with Gasteiger partial charge in [0.05, 0.1) is 18.1 Å². The summed E-state index contributed by atoms with van der Waals surface area (Å²) in [5.41, 5.74) is 0. The van der Waals surface area contributed by atoms with Crippen LogP contribution in [0.2, 0.25) is 0 Å². The molecule has 1 saturated heterocycles. The highest BCUT2D eigenvalue weighted by molar-refractivity contribution is 7.99. The van der Waals surface area contributed by atoms with E-state index in [-0.39, 0.29) is 0 Å². The molecule has 1 fully saturated rings. The van der Waals surface area contributed by atoms with Crippen LogP contribution < -0.4 is 5.32 Å². The van der Waals surface area contributed by atoms with Crippen LogP contribution in [0, 0.1) is 5.92 Å². The molecule has 0 radical (unpaired) electrons. The number of hydrogen-bond donors (Lipinski definition) is 1. The lowest BCUT2D eigenvalue weighted by Crippen LogP contribution is -2.45. The molecule has 2 atom stereocenters. The van der Waals surface area contributed by atoms with Crippen molar-refractivity contribution in [2.75, 3.05) is 39.0 Å². The normalized spacial score (nSPS) is 24.2. The number of nitrogens with one attached hydrogen (secondary N) is 1. The zero-order chi connectivity index (χ0) is 12.7. The van der Waals surface area contributed by atoms with E-state index in [4.69, 9.17) is 4.74 Å². The molecule has 1 aliphatic rings. The number of hydrogen-bond acceptors (Lipinski definition) is 4. The first-order chi connectivity index (χ1) is 8.11. The van der Waals surface area contributed by atoms with E-state index in [1.54, 1.807) is 0 Å². The molecule has 0 aromatic rings. The lowest BCUT2D eigenvalue weighted by atomic mass is 10.1. The van der Waals surface area contributed by atoms with Gasteiger partial charge in [0.2, 0.25) is 0 Å². The molecule has 1 heterocycles. The molecule has 0 spiro atoms. The molecule has 0 bridgehead atoms. The number of rotatable bonds is 7. The molecular formula is C13H28N2OS. The van der Waals surface area contributed by atoms with E-state index < -0.39 is 0 Å². The van der Waals surface area contributed by atoms with Gasteiger partial charge >= 0.3 is 0 Å². The van der Waals surface area contributed by atoms with E-state index >= 15 is 0 Å². The van der Waals surface area contributed by atoms with Gasteiger partial charge in [-0.3, -0.25) is 4.90 Å². The Labute approximate surface area is 111 Å². The van der Waals surface area contributed by atoms with E-state index in [0.717, 1.165) is 38.6 Å². The van der Waals surface area contributed by atoms with E-state index in [0.29, 0.717) is 11.5 Å². The summed E-state index contributed by atoms with van der Waals surface area (Å²) in [4.78, 5) is 2.54. The second-order valence-electron chi connectivity index (χ2n) is 5.27. The molecule has 1 unspecified atom stereocenters. The van der Waals surface area contributed by atoms with Gasteiger partial charge in [-0.1, -0.05) is 13.8 Å². The van der Waals surface area contributed by atoms with Crippen LogP contribution in [-0.4, -0.2) is 55.4 Å². The maximum absolute atomic E-state index is 5.82. The molecule has 1 rings (SSSR count). The van der Waals surface area contributed by atoms with Gasteiger partial charge in [-0.05, 0) is 32.1 Å². The van der Waals surface area contributed by atoms with E-state index in [2.05, 4.69) is 37.2 Å². The van der Waals surface area contributed by atoms with Crippen molar-refractivity contribution < 1.29 is 4.74 Å². The molecule has 1 aliphatic heterocycles. The summed E-state index contributed by atoms with van der Waals surface area (Å²) < 4.78 is 5.82. The van der Waals surface area contributed by atoms with Gasteiger partial charge in [-0.25, -0.2) is 0 Å². The Kier molecular flexibility index (Phi) is 7.51. The summed E-state index contributed by atoms with van der Waals surface area (Å²) in [6.07, 6.45) is 3.68. The summed E-state index contributed by atoms with van der Waals surface area (Å²) in [7, 11) is 0. The van der Waals surface area contributed by atoms with Crippen LogP contribution in [-0.2, 0) is 4.74 Å². The van der Waals surface area contributed by atoms with Crippen molar-refractivity contribution in [2.24, 2.45) is 5.92 Å². The first-order valence-corrected chi connectivity index (χ1v) is 8.00. The zero-order valence-corrected chi connectivity index (χ0v) is 12.6. The maximum atomic E-state index is 5.82. The molecule has 0 aromatic heterocycles. The third-order valence-electron chi connectivity index (χ3n) is 3.10. The number of nitrogens with zero attached hydrogens (tertiary/aromatic N) is 1. The Morgan fingerprint density at radius 3 is 2.82 bits per heavy atom. The number of thioether (sulfide) groups is 1. The Balaban J connectivity index is 2.16. The van der Waals surface area contributed by atoms with Crippen LogP contribution in [0.5, 0.6) is 0 Å². The van der Waals surface area contributed by atoms with Crippen molar-refractivity contribution in [3.8, 4) is 0 Å². The largest absolute Gasteiger partial charge is 0.376 e. The van der Waals surface area contributed by atoms with Crippen molar-refractivity contribution in [1.82, 2.24) is 10.2 Å². The van der Waals surface area contributed by atoms with Crippen molar-refractivity contribution in [2.45, 2.75) is 38.7 Å². The smallest absolute Gasteiger partial charge is 0.0714 e. The average Bonchev–Trinajstić information content (AvgIpc) is 2.28. The monoisotopic (exact) mass is 260 g/mol. The third-order valence-corrected chi connectivity index (χ3v) is 3.97. The molecule has 1 N–H and O–H groups in total. The van der Waals surface area contributed by atoms with Crippen molar-refractivity contribution >= 4 is 11.8 Å². The predicted molar refractivity (Wildman–Crippen MR) is 76.6 cm³/mol. The summed E-state index contributed by atoms with van der Waals surface area (Å²) in [5, 5.41) is 4.05. The van der Waals surface area contributed by atoms with Gasteiger partial charge in [0.15, 0.2) is 0 Å². The van der Waals surface area contributed by atoms with Crippen LogP contribution in [0.4, 0.5) is 0 Å². The molecule has 0 amide bonds. The first kappa shape index (κ1) is 15.3. The fourth-order valence-electron chi connectivity index (χ4n) is 2.17. The van der Waals surface area contributed by atoms with Crippen LogP contribution in [0.1, 0.15) is 27.2 Å². The maximum Gasteiger partial charge on any atom is 0.0714 e. The Bertz CT molecular complexity index is 202. The molecule has 3 nitrogen and oxygen atoms in total. The third kappa shape index (κ3) is 6.65. The second-order valence-corrected chi connectivity index (χ2v) is 6.45. The molecule has 0 aromatic carbocycles. The number of ether oxygens (including phenoxy) is 1. The van der Waals surface area contributed by atoms with E-state index in [1.165, 1.54) is 6.54 Å². The minimum atomic E-state index is 0.420. The van der Waals surface area contributed by atoms with Crippen molar-refractivity contribution in [1.29, 1.82) is 0 Å². The summed E-state index contributed by atoms with van der Waals surface area (Å²) in [6.45, 7) is 12.1.